The fraction of sp³-hybridized carbons (Fsp3) is 0.100. The summed E-state index contributed by atoms with van der Waals surface area (Å²) >= 11 is 1.48. The molecule has 4 heteroatoms. The average Bonchev–Trinajstić information content (AvgIpc) is 3.12. The summed E-state index contributed by atoms with van der Waals surface area (Å²) in [5.74, 6) is 0.828. The highest BCUT2D eigenvalue weighted by molar-refractivity contribution is 7.11. The van der Waals surface area contributed by atoms with E-state index in [0.717, 1.165) is 27.6 Å². The Morgan fingerprint density at radius 2 is 1.92 bits per heavy atom. The number of nitriles is 1. The minimum absolute atomic E-state index is 0.561. The second-order valence-corrected chi connectivity index (χ2v) is 5.93. The first-order chi connectivity index (χ1) is 11.8. The van der Waals surface area contributed by atoms with Gasteiger partial charge in [0.25, 0.3) is 0 Å². The summed E-state index contributed by atoms with van der Waals surface area (Å²) in [5.41, 5.74) is 3.46. The molecule has 0 saturated heterocycles. The van der Waals surface area contributed by atoms with Crippen molar-refractivity contribution in [2.24, 2.45) is 0 Å². The average molecular weight is 332 g/mol. The molecule has 0 radical (unpaired) electrons. The third-order valence-electron chi connectivity index (χ3n) is 3.43. The van der Waals surface area contributed by atoms with E-state index < -0.39 is 0 Å². The van der Waals surface area contributed by atoms with Crippen molar-refractivity contribution in [1.82, 2.24) is 4.98 Å². The zero-order valence-electron chi connectivity index (χ0n) is 13.3. The van der Waals surface area contributed by atoms with E-state index in [0.29, 0.717) is 12.2 Å². The molecule has 0 spiro atoms. The first kappa shape index (κ1) is 16.0. The predicted octanol–water partition coefficient (Wildman–Crippen LogP) is 5.27. The Morgan fingerprint density at radius 1 is 1.17 bits per heavy atom. The molecule has 2 aromatic carbocycles. The van der Waals surface area contributed by atoms with Gasteiger partial charge in [0.15, 0.2) is 0 Å². The number of hydrogen-bond donors (Lipinski definition) is 0. The lowest BCUT2D eigenvalue weighted by atomic mass is 10.1. The second-order valence-electron chi connectivity index (χ2n) is 5.08. The molecule has 0 aliphatic carbocycles. The van der Waals surface area contributed by atoms with Crippen LogP contribution in [0.5, 0.6) is 5.75 Å². The third kappa shape index (κ3) is 3.70. The van der Waals surface area contributed by atoms with Gasteiger partial charge in [0.1, 0.15) is 16.8 Å². The predicted molar refractivity (Wildman–Crippen MR) is 98.6 cm³/mol. The molecule has 3 aromatic rings. The van der Waals surface area contributed by atoms with Gasteiger partial charge < -0.3 is 4.74 Å². The molecule has 1 aromatic heterocycles. The largest absolute Gasteiger partial charge is 0.494 e. The zero-order valence-corrected chi connectivity index (χ0v) is 14.1. The van der Waals surface area contributed by atoms with Crippen LogP contribution in [0.3, 0.4) is 0 Å². The molecule has 0 unspecified atom stereocenters. The van der Waals surface area contributed by atoms with Crippen molar-refractivity contribution in [3.8, 4) is 23.1 Å². The third-order valence-corrected chi connectivity index (χ3v) is 4.30. The van der Waals surface area contributed by atoms with Crippen LogP contribution in [-0.2, 0) is 0 Å². The van der Waals surface area contributed by atoms with Gasteiger partial charge in [-0.05, 0) is 30.7 Å². The van der Waals surface area contributed by atoms with Crippen LogP contribution in [0.2, 0.25) is 0 Å². The summed E-state index contributed by atoms with van der Waals surface area (Å²) in [5, 5.41) is 12.2. The molecule has 0 bridgehead atoms. The number of benzene rings is 2. The maximum absolute atomic E-state index is 9.48. The van der Waals surface area contributed by atoms with Crippen molar-refractivity contribution in [2.45, 2.75) is 6.92 Å². The van der Waals surface area contributed by atoms with E-state index in [-0.39, 0.29) is 0 Å². The van der Waals surface area contributed by atoms with Gasteiger partial charge >= 0.3 is 0 Å². The van der Waals surface area contributed by atoms with Gasteiger partial charge in [0.2, 0.25) is 0 Å². The number of allylic oxidation sites excluding steroid dienone is 1. The zero-order chi connectivity index (χ0) is 16.8. The van der Waals surface area contributed by atoms with Gasteiger partial charge in [0.05, 0.1) is 17.9 Å². The summed E-state index contributed by atoms with van der Waals surface area (Å²) in [4.78, 5) is 4.60. The molecule has 0 atom stereocenters. The van der Waals surface area contributed by atoms with E-state index in [2.05, 4.69) is 11.1 Å². The second kappa shape index (κ2) is 7.58. The van der Waals surface area contributed by atoms with Crippen molar-refractivity contribution in [3.05, 3.63) is 70.5 Å². The summed E-state index contributed by atoms with van der Waals surface area (Å²) in [6, 6.07) is 19.9. The SMILES string of the molecule is CCOc1ccc(C=C(C#N)c2nc(-c3ccccc3)cs2)cc1. The lowest BCUT2D eigenvalue weighted by Gasteiger charge is -2.02. The van der Waals surface area contributed by atoms with Crippen molar-refractivity contribution in [1.29, 1.82) is 5.26 Å². The smallest absolute Gasteiger partial charge is 0.134 e. The van der Waals surface area contributed by atoms with Crippen LogP contribution in [0.1, 0.15) is 17.5 Å². The van der Waals surface area contributed by atoms with Crippen LogP contribution >= 0.6 is 11.3 Å². The topological polar surface area (TPSA) is 45.9 Å². The summed E-state index contributed by atoms with van der Waals surface area (Å²) < 4.78 is 5.43. The minimum Gasteiger partial charge on any atom is -0.494 e. The van der Waals surface area contributed by atoms with Crippen molar-refractivity contribution < 1.29 is 4.74 Å². The molecule has 3 nitrogen and oxygen atoms in total. The van der Waals surface area contributed by atoms with Crippen LogP contribution in [-0.4, -0.2) is 11.6 Å². The molecule has 0 aliphatic heterocycles. The Balaban J connectivity index is 1.86. The van der Waals surface area contributed by atoms with E-state index in [1.807, 2.05) is 73.0 Å². The molecule has 24 heavy (non-hydrogen) atoms. The highest BCUT2D eigenvalue weighted by atomic mass is 32.1. The Morgan fingerprint density at radius 3 is 2.58 bits per heavy atom. The monoisotopic (exact) mass is 332 g/mol. The Hall–Kier alpha value is -2.90. The maximum atomic E-state index is 9.48. The molecule has 0 aliphatic rings. The fourth-order valence-corrected chi connectivity index (χ4v) is 3.07. The van der Waals surface area contributed by atoms with Crippen LogP contribution in [0.15, 0.2) is 60.0 Å². The van der Waals surface area contributed by atoms with Crippen molar-refractivity contribution in [3.63, 3.8) is 0 Å². The van der Waals surface area contributed by atoms with Gasteiger partial charge in [-0.2, -0.15) is 5.26 Å². The molecule has 0 amide bonds. The number of aromatic nitrogens is 1. The molecular weight excluding hydrogens is 316 g/mol. The molecule has 0 fully saturated rings. The molecule has 0 saturated carbocycles. The summed E-state index contributed by atoms with van der Waals surface area (Å²) in [6.45, 7) is 2.59. The van der Waals surface area contributed by atoms with Gasteiger partial charge in [-0.1, -0.05) is 42.5 Å². The van der Waals surface area contributed by atoms with Gasteiger partial charge in [-0.15, -0.1) is 11.3 Å². The van der Waals surface area contributed by atoms with Crippen LogP contribution < -0.4 is 4.74 Å². The molecular formula is C20H16N2OS. The van der Waals surface area contributed by atoms with Gasteiger partial charge in [-0.25, -0.2) is 4.98 Å². The Kier molecular flexibility index (Phi) is 5.05. The van der Waals surface area contributed by atoms with Crippen LogP contribution in [0, 0.1) is 11.3 Å². The van der Waals surface area contributed by atoms with E-state index in [4.69, 9.17) is 4.74 Å². The van der Waals surface area contributed by atoms with E-state index >= 15 is 0 Å². The molecule has 3 rings (SSSR count). The number of thiazole rings is 1. The lowest BCUT2D eigenvalue weighted by molar-refractivity contribution is 0.340. The number of rotatable bonds is 5. The minimum atomic E-state index is 0.561. The van der Waals surface area contributed by atoms with Crippen LogP contribution in [0.25, 0.3) is 22.9 Å². The van der Waals surface area contributed by atoms with E-state index in [1.54, 1.807) is 0 Å². The number of nitrogens with zero attached hydrogens (tertiary/aromatic N) is 2. The Bertz CT molecular complexity index is 874. The van der Waals surface area contributed by atoms with E-state index in [1.165, 1.54) is 11.3 Å². The molecule has 0 N–H and O–H groups in total. The highest BCUT2D eigenvalue weighted by Gasteiger charge is 2.09. The highest BCUT2D eigenvalue weighted by Crippen LogP contribution is 2.27. The maximum Gasteiger partial charge on any atom is 0.134 e. The van der Waals surface area contributed by atoms with Crippen LogP contribution in [0.4, 0.5) is 0 Å². The van der Waals surface area contributed by atoms with Gasteiger partial charge in [-0.3, -0.25) is 0 Å². The van der Waals surface area contributed by atoms with Crippen molar-refractivity contribution >= 4 is 23.0 Å². The first-order valence-electron chi connectivity index (χ1n) is 7.66. The van der Waals surface area contributed by atoms with Crippen molar-refractivity contribution in [2.75, 3.05) is 6.61 Å². The number of hydrogen-bond acceptors (Lipinski definition) is 4. The Labute approximate surface area is 145 Å². The fourth-order valence-electron chi connectivity index (χ4n) is 2.27. The first-order valence-corrected chi connectivity index (χ1v) is 8.54. The number of ether oxygens (including phenoxy) is 1. The van der Waals surface area contributed by atoms with E-state index in [9.17, 15) is 5.26 Å². The molecule has 118 valence electrons. The van der Waals surface area contributed by atoms with Gasteiger partial charge in [0, 0.05) is 10.9 Å². The quantitative estimate of drug-likeness (QED) is 0.598. The lowest BCUT2D eigenvalue weighted by Crippen LogP contribution is -1.90. The summed E-state index contributed by atoms with van der Waals surface area (Å²) in [6.07, 6.45) is 1.85. The normalized spacial score (nSPS) is 11.1. The molecule has 1 heterocycles. The summed E-state index contributed by atoms with van der Waals surface area (Å²) in [7, 11) is 0. The standard InChI is InChI=1S/C20H16N2OS/c1-2-23-18-10-8-15(9-11-18)12-17(13-21)20-22-19(14-24-20)16-6-4-3-5-7-16/h3-12,14H,2H2,1H3.